The molecule has 1 fully saturated rings. The van der Waals surface area contributed by atoms with E-state index in [1.54, 1.807) is 0 Å². The van der Waals surface area contributed by atoms with Gasteiger partial charge in [-0.1, -0.05) is 11.6 Å². The Hall–Kier alpha value is -1.64. The van der Waals surface area contributed by atoms with Crippen LogP contribution in [0.4, 0.5) is 0 Å². The zero-order chi connectivity index (χ0) is 15.8. The summed E-state index contributed by atoms with van der Waals surface area (Å²) in [5, 5.41) is 11.6. The Labute approximate surface area is 126 Å². The smallest absolute Gasteiger partial charge is 0.336 e. The molecule has 7 nitrogen and oxygen atoms in total. The first-order valence-corrected chi connectivity index (χ1v) is 7.89. The van der Waals surface area contributed by atoms with E-state index < -0.39 is 22.0 Å². The Morgan fingerprint density at radius 1 is 1.48 bits per heavy atom. The first-order chi connectivity index (χ1) is 9.70. The molecule has 1 amide bonds. The largest absolute Gasteiger partial charge is 0.478 e. The second kappa shape index (κ2) is 5.63. The molecule has 9 heteroatoms. The van der Waals surface area contributed by atoms with Gasteiger partial charge in [0.2, 0.25) is 15.9 Å². The van der Waals surface area contributed by atoms with Crippen molar-refractivity contribution in [2.45, 2.75) is 24.3 Å². The molecular formula is C12H13ClN2O5S. The molecule has 1 aromatic carbocycles. The molecule has 1 atom stereocenters. The van der Waals surface area contributed by atoms with E-state index in [4.69, 9.17) is 16.7 Å². The van der Waals surface area contributed by atoms with Crippen molar-refractivity contribution in [3.05, 3.63) is 28.3 Å². The summed E-state index contributed by atoms with van der Waals surface area (Å²) in [6.07, 6.45) is 0.0463. The van der Waals surface area contributed by atoms with Gasteiger partial charge in [0, 0.05) is 24.0 Å². The predicted molar refractivity (Wildman–Crippen MR) is 74.9 cm³/mol. The molecule has 21 heavy (non-hydrogen) atoms. The van der Waals surface area contributed by atoms with Gasteiger partial charge in [-0.2, -0.15) is 0 Å². The van der Waals surface area contributed by atoms with Gasteiger partial charge in [-0.15, -0.1) is 0 Å². The van der Waals surface area contributed by atoms with Gasteiger partial charge in [0.05, 0.1) is 10.5 Å². The number of halogens is 1. The lowest BCUT2D eigenvalue weighted by Gasteiger charge is -2.14. The molecule has 1 heterocycles. The number of aromatic carboxylic acids is 1. The Kier molecular flexibility index (Phi) is 4.22. The quantitative estimate of drug-likeness (QED) is 0.743. The zero-order valence-electron chi connectivity index (χ0n) is 11.0. The minimum atomic E-state index is -3.97. The van der Waals surface area contributed by atoms with Crippen LogP contribution in [0.2, 0.25) is 5.02 Å². The van der Waals surface area contributed by atoms with E-state index in [-0.39, 0.29) is 39.9 Å². The molecule has 3 N–H and O–H groups in total. The van der Waals surface area contributed by atoms with Crippen LogP contribution in [0, 0.1) is 6.92 Å². The summed E-state index contributed by atoms with van der Waals surface area (Å²) in [6.45, 7) is 1.59. The molecular weight excluding hydrogens is 320 g/mol. The molecule has 0 bridgehead atoms. The fourth-order valence-corrected chi connectivity index (χ4v) is 3.94. The molecule has 1 aliphatic heterocycles. The fourth-order valence-electron chi connectivity index (χ4n) is 2.13. The number of rotatable bonds is 4. The Morgan fingerprint density at radius 3 is 2.67 bits per heavy atom. The van der Waals surface area contributed by atoms with Gasteiger partial charge in [0.25, 0.3) is 0 Å². The number of carbonyl (C=O) groups excluding carboxylic acids is 1. The standard InChI is InChI=1S/C12H13ClN2O5S/c1-6-9(12(17)18)2-7(13)3-10(6)21(19,20)15-8-4-11(16)14-5-8/h2-3,8,15H,4-5H2,1H3,(H,14,16)(H,17,18). The number of carboxylic acids is 1. The van der Waals surface area contributed by atoms with E-state index in [2.05, 4.69) is 10.0 Å². The van der Waals surface area contributed by atoms with Gasteiger partial charge < -0.3 is 10.4 Å². The lowest BCUT2D eigenvalue weighted by atomic mass is 10.1. The monoisotopic (exact) mass is 332 g/mol. The summed E-state index contributed by atoms with van der Waals surface area (Å²) in [6, 6.07) is 1.82. The second-order valence-corrected chi connectivity index (χ2v) is 6.83. The maximum atomic E-state index is 12.3. The third-order valence-corrected chi connectivity index (χ3v) is 5.01. The van der Waals surface area contributed by atoms with Gasteiger partial charge in [-0.25, -0.2) is 17.9 Å². The summed E-state index contributed by atoms with van der Waals surface area (Å²) in [4.78, 5) is 22.0. The van der Waals surface area contributed by atoms with E-state index in [1.807, 2.05) is 0 Å². The fraction of sp³-hybridized carbons (Fsp3) is 0.333. The summed E-state index contributed by atoms with van der Waals surface area (Å²) >= 11 is 5.79. The number of sulfonamides is 1. The third kappa shape index (κ3) is 3.34. The molecule has 0 spiro atoms. The molecule has 0 saturated carbocycles. The Balaban J connectivity index is 2.40. The van der Waals surface area contributed by atoms with Gasteiger partial charge in [-0.3, -0.25) is 4.79 Å². The number of carboxylic acid groups (broad SMARTS) is 1. The summed E-state index contributed by atoms with van der Waals surface area (Å²) in [7, 11) is -3.97. The lowest BCUT2D eigenvalue weighted by molar-refractivity contribution is -0.119. The van der Waals surface area contributed by atoms with Crippen LogP contribution >= 0.6 is 11.6 Å². The van der Waals surface area contributed by atoms with Crippen molar-refractivity contribution >= 4 is 33.5 Å². The maximum Gasteiger partial charge on any atom is 0.336 e. The molecule has 114 valence electrons. The molecule has 0 radical (unpaired) electrons. The van der Waals surface area contributed by atoms with Crippen molar-refractivity contribution in [3.63, 3.8) is 0 Å². The van der Waals surface area contributed by atoms with E-state index in [0.717, 1.165) is 0 Å². The third-order valence-electron chi connectivity index (χ3n) is 3.14. The van der Waals surface area contributed by atoms with Crippen LogP contribution in [0.1, 0.15) is 22.3 Å². The Bertz CT molecular complexity index is 717. The van der Waals surface area contributed by atoms with Gasteiger partial charge in [0.1, 0.15) is 0 Å². The van der Waals surface area contributed by atoms with Crippen molar-refractivity contribution in [1.29, 1.82) is 0 Å². The van der Waals surface area contributed by atoms with Crippen molar-refractivity contribution in [1.82, 2.24) is 10.0 Å². The molecule has 2 rings (SSSR count). The number of benzene rings is 1. The van der Waals surface area contributed by atoms with Crippen molar-refractivity contribution in [3.8, 4) is 0 Å². The predicted octanol–water partition coefficient (Wildman–Crippen LogP) is 0.513. The van der Waals surface area contributed by atoms with Crippen LogP contribution in [-0.4, -0.2) is 38.0 Å². The normalized spacial score (nSPS) is 18.6. The van der Waals surface area contributed by atoms with Crippen LogP contribution in [0.25, 0.3) is 0 Å². The van der Waals surface area contributed by atoms with Crippen molar-refractivity contribution < 1.29 is 23.1 Å². The number of nitrogens with one attached hydrogen (secondary N) is 2. The van der Waals surface area contributed by atoms with Crippen LogP contribution < -0.4 is 10.0 Å². The van der Waals surface area contributed by atoms with Crippen molar-refractivity contribution in [2.24, 2.45) is 0 Å². The molecule has 1 unspecified atom stereocenters. The average molecular weight is 333 g/mol. The van der Waals surface area contributed by atoms with Crippen LogP contribution in [0.15, 0.2) is 17.0 Å². The van der Waals surface area contributed by atoms with Crippen molar-refractivity contribution in [2.75, 3.05) is 6.54 Å². The van der Waals surface area contributed by atoms with Gasteiger partial charge >= 0.3 is 5.97 Å². The maximum absolute atomic E-state index is 12.3. The highest BCUT2D eigenvalue weighted by Gasteiger charge is 2.29. The second-order valence-electron chi connectivity index (χ2n) is 4.71. The number of amides is 1. The molecule has 0 aliphatic carbocycles. The lowest BCUT2D eigenvalue weighted by Crippen LogP contribution is -2.36. The van der Waals surface area contributed by atoms with Gasteiger partial charge in [-0.05, 0) is 24.6 Å². The molecule has 0 aromatic heterocycles. The highest BCUT2D eigenvalue weighted by atomic mass is 35.5. The highest BCUT2D eigenvalue weighted by Crippen LogP contribution is 2.25. The van der Waals surface area contributed by atoms with E-state index in [9.17, 15) is 18.0 Å². The minimum absolute atomic E-state index is 0.0130. The highest BCUT2D eigenvalue weighted by molar-refractivity contribution is 7.89. The van der Waals surface area contributed by atoms with E-state index in [1.165, 1.54) is 19.1 Å². The SMILES string of the molecule is Cc1c(C(=O)O)cc(Cl)cc1S(=O)(=O)NC1CNC(=O)C1. The number of hydrogen-bond donors (Lipinski definition) is 3. The summed E-state index contributed by atoms with van der Waals surface area (Å²) in [5.74, 6) is -1.50. The molecule has 1 aliphatic rings. The number of hydrogen-bond acceptors (Lipinski definition) is 4. The van der Waals surface area contributed by atoms with E-state index in [0.29, 0.717) is 0 Å². The first kappa shape index (κ1) is 15.7. The molecule has 1 aromatic rings. The first-order valence-electron chi connectivity index (χ1n) is 6.03. The van der Waals surface area contributed by atoms with Crippen LogP contribution in [0.5, 0.6) is 0 Å². The van der Waals surface area contributed by atoms with E-state index >= 15 is 0 Å². The Morgan fingerprint density at radius 2 is 2.14 bits per heavy atom. The zero-order valence-corrected chi connectivity index (χ0v) is 12.6. The van der Waals surface area contributed by atoms with Crippen LogP contribution in [0.3, 0.4) is 0 Å². The summed E-state index contributed by atoms with van der Waals surface area (Å²) in [5.41, 5.74) is -0.0832. The van der Waals surface area contributed by atoms with Gasteiger partial charge in [0.15, 0.2) is 0 Å². The summed E-state index contributed by atoms with van der Waals surface area (Å²) < 4.78 is 27.1. The average Bonchev–Trinajstić information content (AvgIpc) is 2.76. The number of carbonyl (C=O) groups is 2. The topological polar surface area (TPSA) is 113 Å². The molecule has 1 saturated heterocycles. The van der Waals surface area contributed by atoms with Crippen LogP contribution in [-0.2, 0) is 14.8 Å². The minimum Gasteiger partial charge on any atom is -0.478 e.